The molecular weight excluding hydrogens is 374 g/mol. The SMILES string of the molecule is CCCCN(CC)S(=O)(=O)c1ccc(F)c(C(=O)Nc2cccc(F)c2)c1. The number of halogens is 2. The van der Waals surface area contributed by atoms with Crippen LogP contribution in [0.3, 0.4) is 0 Å². The Morgan fingerprint density at radius 1 is 1.11 bits per heavy atom. The summed E-state index contributed by atoms with van der Waals surface area (Å²) in [5.74, 6) is -2.27. The Balaban J connectivity index is 2.33. The number of nitrogens with zero attached hydrogens (tertiary/aromatic N) is 1. The highest BCUT2D eigenvalue weighted by Crippen LogP contribution is 2.21. The third-order valence-electron chi connectivity index (χ3n) is 4.02. The van der Waals surface area contributed by atoms with Crippen LogP contribution >= 0.6 is 0 Å². The van der Waals surface area contributed by atoms with Crippen LogP contribution in [0.15, 0.2) is 47.4 Å². The monoisotopic (exact) mass is 396 g/mol. The van der Waals surface area contributed by atoms with Crippen LogP contribution < -0.4 is 5.32 Å². The Morgan fingerprint density at radius 2 is 1.85 bits per heavy atom. The molecule has 2 rings (SSSR count). The molecule has 0 saturated heterocycles. The van der Waals surface area contributed by atoms with Crippen LogP contribution in [-0.4, -0.2) is 31.7 Å². The molecule has 27 heavy (non-hydrogen) atoms. The molecule has 0 bridgehead atoms. The van der Waals surface area contributed by atoms with E-state index in [0.29, 0.717) is 13.0 Å². The molecule has 0 heterocycles. The maximum atomic E-state index is 14.1. The van der Waals surface area contributed by atoms with E-state index >= 15 is 0 Å². The summed E-state index contributed by atoms with van der Waals surface area (Å²) in [5.41, 5.74) is -0.280. The first kappa shape index (κ1) is 21.0. The van der Waals surface area contributed by atoms with E-state index in [2.05, 4.69) is 5.32 Å². The summed E-state index contributed by atoms with van der Waals surface area (Å²) < 4.78 is 54.2. The molecule has 0 fully saturated rings. The summed E-state index contributed by atoms with van der Waals surface area (Å²) in [6, 6.07) is 8.23. The van der Waals surface area contributed by atoms with Crippen molar-refractivity contribution in [3.05, 3.63) is 59.7 Å². The zero-order valence-corrected chi connectivity index (χ0v) is 16.0. The molecule has 0 atom stereocenters. The number of anilines is 1. The van der Waals surface area contributed by atoms with Gasteiger partial charge in [0, 0.05) is 18.8 Å². The minimum Gasteiger partial charge on any atom is -0.322 e. The Labute approximate surface area is 158 Å². The van der Waals surface area contributed by atoms with Gasteiger partial charge in [-0.3, -0.25) is 4.79 Å². The van der Waals surface area contributed by atoms with E-state index in [-0.39, 0.29) is 17.1 Å². The maximum absolute atomic E-state index is 14.1. The van der Waals surface area contributed by atoms with E-state index in [1.165, 1.54) is 22.5 Å². The third kappa shape index (κ3) is 5.11. The lowest BCUT2D eigenvalue weighted by Gasteiger charge is -2.20. The van der Waals surface area contributed by atoms with Gasteiger partial charge in [0.2, 0.25) is 10.0 Å². The zero-order valence-electron chi connectivity index (χ0n) is 15.2. The molecule has 1 amide bonds. The van der Waals surface area contributed by atoms with E-state index in [4.69, 9.17) is 0 Å². The van der Waals surface area contributed by atoms with Crippen molar-refractivity contribution in [2.75, 3.05) is 18.4 Å². The molecule has 2 aromatic rings. The van der Waals surface area contributed by atoms with Crippen LogP contribution in [-0.2, 0) is 10.0 Å². The van der Waals surface area contributed by atoms with E-state index in [0.717, 1.165) is 30.7 Å². The van der Waals surface area contributed by atoms with Gasteiger partial charge in [-0.25, -0.2) is 17.2 Å². The van der Waals surface area contributed by atoms with Crippen molar-refractivity contribution in [2.24, 2.45) is 0 Å². The van der Waals surface area contributed by atoms with Gasteiger partial charge >= 0.3 is 0 Å². The molecule has 0 aliphatic heterocycles. The van der Waals surface area contributed by atoms with Crippen LogP contribution in [0.2, 0.25) is 0 Å². The molecule has 8 heteroatoms. The summed E-state index contributed by atoms with van der Waals surface area (Å²) in [6.45, 7) is 4.28. The highest BCUT2D eigenvalue weighted by molar-refractivity contribution is 7.89. The van der Waals surface area contributed by atoms with Gasteiger partial charge in [0.25, 0.3) is 5.91 Å². The summed E-state index contributed by atoms with van der Waals surface area (Å²) >= 11 is 0. The number of sulfonamides is 1. The Bertz CT molecular complexity index is 917. The number of unbranched alkanes of at least 4 members (excludes halogenated alkanes) is 1. The number of carbonyl (C=O) groups excluding carboxylic acids is 1. The summed E-state index contributed by atoms with van der Waals surface area (Å²) in [4.78, 5) is 12.2. The van der Waals surface area contributed by atoms with Gasteiger partial charge < -0.3 is 5.32 Å². The van der Waals surface area contributed by atoms with Gasteiger partial charge in [-0.1, -0.05) is 26.3 Å². The lowest BCUT2D eigenvalue weighted by atomic mass is 10.2. The quantitative estimate of drug-likeness (QED) is 0.733. The number of amides is 1. The van der Waals surface area contributed by atoms with Gasteiger partial charge in [-0.15, -0.1) is 0 Å². The largest absolute Gasteiger partial charge is 0.322 e. The fourth-order valence-electron chi connectivity index (χ4n) is 2.54. The smallest absolute Gasteiger partial charge is 0.258 e. The van der Waals surface area contributed by atoms with E-state index in [1.807, 2.05) is 6.92 Å². The predicted molar refractivity (Wildman–Crippen MR) is 100 cm³/mol. The molecule has 0 spiro atoms. The fraction of sp³-hybridized carbons (Fsp3) is 0.316. The van der Waals surface area contributed by atoms with E-state index in [9.17, 15) is 22.0 Å². The molecule has 0 aromatic heterocycles. The number of nitrogens with one attached hydrogen (secondary N) is 1. The van der Waals surface area contributed by atoms with Crippen molar-refractivity contribution in [3.8, 4) is 0 Å². The van der Waals surface area contributed by atoms with Crippen molar-refractivity contribution in [3.63, 3.8) is 0 Å². The third-order valence-corrected chi connectivity index (χ3v) is 5.99. The maximum Gasteiger partial charge on any atom is 0.258 e. The van der Waals surface area contributed by atoms with Crippen LogP contribution in [0.5, 0.6) is 0 Å². The second kappa shape index (κ2) is 9.05. The van der Waals surface area contributed by atoms with Gasteiger partial charge in [-0.2, -0.15) is 4.31 Å². The number of rotatable bonds is 8. The number of carbonyl (C=O) groups is 1. The molecule has 1 N–H and O–H groups in total. The van der Waals surface area contributed by atoms with E-state index in [1.54, 1.807) is 6.92 Å². The van der Waals surface area contributed by atoms with Crippen LogP contribution in [0.1, 0.15) is 37.0 Å². The molecular formula is C19H22F2N2O3S. The highest BCUT2D eigenvalue weighted by atomic mass is 32.2. The lowest BCUT2D eigenvalue weighted by Crippen LogP contribution is -2.32. The zero-order chi connectivity index (χ0) is 20.0. The normalized spacial score (nSPS) is 11.6. The topological polar surface area (TPSA) is 66.5 Å². The molecule has 0 radical (unpaired) electrons. The summed E-state index contributed by atoms with van der Waals surface area (Å²) in [6.07, 6.45) is 1.53. The number of benzene rings is 2. The second-order valence-corrected chi connectivity index (χ2v) is 7.89. The number of hydrogen-bond donors (Lipinski definition) is 1. The standard InChI is InChI=1S/C19H22F2N2O3S/c1-3-5-11-23(4-2)27(25,26)16-9-10-18(21)17(13-16)19(24)22-15-8-6-7-14(20)12-15/h6-10,12-13H,3-5,11H2,1-2H3,(H,22,24). The number of hydrogen-bond acceptors (Lipinski definition) is 3. The Kier molecular flexibility index (Phi) is 7.04. The highest BCUT2D eigenvalue weighted by Gasteiger charge is 2.25. The van der Waals surface area contributed by atoms with Gasteiger partial charge in [-0.05, 0) is 42.8 Å². The summed E-state index contributed by atoms with van der Waals surface area (Å²) in [5, 5.41) is 2.37. The Hall–Kier alpha value is -2.32. The molecule has 0 aliphatic carbocycles. The molecule has 0 unspecified atom stereocenters. The van der Waals surface area contributed by atoms with Crippen molar-refractivity contribution in [1.82, 2.24) is 4.31 Å². The summed E-state index contributed by atoms with van der Waals surface area (Å²) in [7, 11) is -3.85. The van der Waals surface area contributed by atoms with Gasteiger partial charge in [0.15, 0.2) is 0 Å². The van der Waals surface area contributed by atoms with Crippen LogP contribution in [0.25, 0.3) is 0 Å². The molecule has 5 nitrogen and oxygen atoms in total. The lowest BCUT2D eigenvalue weighted by molar-refractivity contribution is 0.102. The van der Waals surface area contributed by atoms with Crippen molar-refractivity contribution >= 4 is 21.6 Å². The average Bonchev–Trinajstić information content (AvgIpc) is 2.62. The van der Waals surface area contributed by atoms with Crippen molar-refractivity contribution in [1.29, 1.82) is 0 Å². The first-order chi connectivity index (χ1) is 12.8. The molecule has 0 aliphatic rings. The van der Waals surface area contributed by atoms with Crippen LogP contribution in [0, 0.1) is 11.6 Å². The first-order valence-electron chi connectivity index (χ1n) is 8.66. The van der Waals surface area contributed by atoms with Gasteiger partial charge in [0.1, 0.15) is 11.6 Å². The minimum atomic E-state index is -3.85. The molecule has 2 aromatic carbocycles. The first-order valence-corrected chi connectivity index (χ1v) is 10.1. The molecule has 146 valence electrons. The average molecular weight is 396 g/mol. The fourth-order valence-corrected chi connectivity index (χ4v) is 4.05. The second-order valence-electron chi connectivity index (χ2n) is 5.96. The van der Waals surface area contributed by atoms with Crippen LogP contribution in [0.4, 0.5) is 14.5 Å². The molecule has 0 saturated carbocycles. The van der Waals surface area contributed by atoms with E-state index < -0.39 is 33.1 Å². The minimum absolute atomic E-state index is 0.144. The van der Waals surface area contributed by atoms with Crippen molar-refractivity contribution < 1.29 is 22.0 Å². The predicted octanol–water partition coefficient (Wildman–Crippen LogP) is 4.03. The Morgan fingerprint density at radius 3 is 2.48 bits per heavy atom. The van der Waals surface area contributed by atoms with Gasteiger partial charge in [0.05, 0.1) is 10.5 Å². The van der Waals surface area contributed by atoms with Crippen molar-refractivity contribution in [2.45, 2.75) is 31.6 Å².